The number of carbonyl (C=O) groups excluding carboxylic acids is 1. The highest BCUT2D eigenvalue weighted by Gasteiger charge is 2.25. The molecule has 3 rings (SSSR count). The van der Waals surface area contributed by atoms with Crippen LogP contribution in [0, 0.1) is 0 Å². The minimum absolute atomic E-state index is 0.0649. The molecule has 1 N–H and O–H groups in total. The number of carbonyl (C=O) groups is 1. The minimum atomic E-state index is -0.152. The highest BCUT2D eigenvalue weighted by molar-refractivity contribution is 5.95. The lowest BCUT2D eigenvalue weighted by Gasteiger charge is -2.29. The number of amides is 1. The van der Waals surface area contributed by atoms with E-state index >= 15 is 0 Å². The van der Waals surface area contributed by atoms with E-state index in [-0.39, 0.29) is 18.1 Å². The van der Waals surface area contributed by atoms with E-state index in [2.05, 4.69) is 15.3 Å². The molecule has 0 aliphatic heterocycles. The Labute approximate surface area is 183 Å². The molecule has 168 valence electrons. The molecule has 1 saturated carbocycles. The molecule has 0 bridgehead atoms. The predicted octanol–water partition coefficient (Wildman–Crippen LogP) is 3.79. The van der Waals surface area contributed by atoms with Crippen molar-refractivity contribution in [2.75, 3.05) is 19.8 Å². The fourth-order valence-corrected chi connectivity index (χ4v) is 3.61. The number of hydrogen-bond acceptors (Lipinski definition) is 7. The molecule has 8 heteroatoms. The number of aromatic nitrogens is 2. The summed E-state index contributed by atoms with van der Waals surface area (Å²) in [6.07, 6.45) is 6.72. The van der Waals surface area contributed by atoms with Gasteiger partial charge in [-0.3, -0.25) is 4.79 Å². The monoisotopic (exact) mass is 429 g/mol. The zero-order valence-electron chi connectivity index (χ0n) is 18.4. The molecule has 0 saturated heterocycles. The minimum Gasteiger partial charge on any atom is -0.490 e. The third-order valence-corrected chi connectivity index (χ3v) is 4.99. The van der Waals surface area contributed by atoms with Crippen LogP contribution < -0.4 is 24.3 Å². The van der Waals surface area contributed by atoms with Crippen molar-refractivity contribution in [2.45, 2.75) is 58.6 Å². The van der Waals surface area contributed by atoms with Gasteiger partial charge in [-0.15, -0.1) is 0 Å². The van der Waals surface area contributed by atoms with E-state index in [0.717, 1.165) is 25.7 Å². The van der Waals surface area contributed by atoms with Gasteiger partial charge in [0.1, 0.15) is 6.10 Å². The topological polar surface area (TPSA) is 91.8 Å². The summed E-state index contributed by atoms with van der Waals surface area (Å²) in [5.74, 6) is 1.41. The average Bonchev–Trinajstić information content (AvgIpc) is 2.78. The molecule has 1 amide bonds. The standard InChI is InChI=1S/C23H31N3O5/c1-4-28-19-14-16(15-20(29-5-2)21(19)30-6-3)22(27)26-17-8-10-18(11-9-17)31-23-24-12-7-13-25-23/h7,12-15,17-18H,4-6,8-11H2,1-3H3,(H,26,27). The fraction of sp³-hybridized carbons (Fsp3) is 0.522. The number of ether oxygens (including phenoxy) is 4. The Bertz CT molecular complexity index is 811. The van der Waals surface area contributed by atoms with E-state index in [4.69, 9.17) is 18.9 Å². The molecule has 1 fully saturated rings. The number of nitrogens with one attached hydrogen (secondary N) is 1. The molecule has 2 aromatic rings. The highest BCUT2D eigenvalue weighted by atomic mass is 16.5. The maximum atomic E-state index is 13.0. The first-order valence-corrected chi connectivity index (χ1v) is 11.0. The molecule has 1 aliphatic carbocycles. The first-order chi connectivity index (χ1) is 15.1. The summed E-state index contributed by atoms with van der Waals surface area (Å²) < 4.78 is 23.0. The van der Waals surface area contributed by atoms with Crippen LogP contribution in [0.4, 0.5) is 0 Å². The molecule has 0 radical (unpaired) electrons. The largest absolute Gasteiger partial charge is 0.490 e. The lowest BCUT2D eigenvalue weighted by molar-refractivity contribution is 0.0884. The second-order valence-electron chi connectivity index (χ2n) is 7.20. The van der Waals surface area contributed by atoms with E-state index in [9.17, 15) is 4.79 Å². The first-order valence-electron chi connectivity index (χ1n) is 11.0. The maximum Gasteiger partial charge on any atom is 0.316 e. The van der Waals surface area contributed by atoms with Gasteiger partial charge in [-0.2, -0.15) is 0 Å². The third-order valence-electron chi connectivity index (χ3n) is 4.99. The van der Waals surface area contributed by atoms with Gasteiger partial charge in [0.25, 0.3) is 5.91 Å². The molecule has 8 nitrogen and oxygen atoms in total. The molecule has 0 unspecified atom stereocenters. The van der Waals surface area contributed by atoms with Crippen molar-refractivity contribution < 1.29 is 23.7 Å². The van der Waals surface area contributed by atoms with Crippen LogP contribution in [0.5, 0.6) is 23.3 Å². The van der Waals surface area contributed by atoms with Gasteiger partial charge in [-0.1, -0.05) is 0 Å². The van der Waals surface area contributed by atoms with E-state index in [1.807, 2.05) is 20.8 Å². The van der Waals surface area contributed by atoms with Crippen LogP contribution in [0.1, 0.15) is 56.8 Å². The quantitative estimate of drug-likeness (QED) is 0.614. The van der Waals surface area contributed by atoms with Gasteiger partial charge in [-0.05, 0) is 64.7 Å². The predicted molar refractivity (Wildman–Crippen MR) is 116 cm³/mol. The zero-order chi connectivity index (χ0) is 22.1. The van der Waals surface area contributed by atoms with Crippen molar-refractivity contribution in [1.29, 1.82) is 0 Å². The van der Waals surface area contributed by atoms with Crippen LogP contribution in [0.15, 0.2) is 30.6 Å². The number of rotatable bonds is 10. The molecule has 1 heterocycles. The summed E-state index contributed by atoms with van der Waals surface area (Å²) >= 11 is 0. The Hall–Kier alpha value is -3.03. The molecular formula is C23H31N3O5. The Morgan fingerprint density at radius 2 is 1.52 bits per heavy atom. The van der Waals surface area contributed by atoms with Crippen molar-refractivity contribution in [3.8, 4) is 23.3 Å². The lowest BCUT2D eigenvalue weighted by Crippen LogP contribution is -2.39. The first kappa shape index (κ1) is 22.7. The highest BCUT2D eigenvalue weighted by Crippen LogP contribution is 2.39. The lowest BCUT2D eigenvalue weighted by atomic mass is 9.92. The number of benzene rings is 1. The van der Waals surface area contributed by atoms with Crippen LogP contribution in [0.25, 0.3) is 0 Å². The van der Waals surface area contributed by atoms with Gasteiger partial charge in [0.15, 0.2) is 11.5 Å². The van der Waals surface area contributed by atoms with E-state index in [1.165, 1.54) is 0 Å². The summed E-state index contributed by atoms with van der Waals surface area (Å²) in [5.41, 5.74) is 0.492. The van der Waals surface area contributed by atoms with E-state index in [1.54, 1.807) is 30.6 Å². The Kier molecular flexibility index (Phi) is 8.32. The average molecular weight is 430 g/mol. The summed E-state index contributed by atoms with van der Waals surface area (Å²) in [5, 5.41) is 3.13. The molecular weight excluding hydrogens is 398 g/mol. The smallest absolute Gasteiger partial charge is 0.316 e. The summed E-state index contributed by atoms with van der Waals surface area (Å²) in [6.45, 7) is 7.09. The second-order valence-corrected chi connectivity index (χ2v) is 7.20. The van der Waals surface area contributed by atoms with Crippen LogP contribution >= 0.6 is 0 Å². The van der Waals surface area contributed by atoms with Gasteiger partial charge in [0.05, 0.1) is 19.8 Å². The van der Waals surface area contributed by atoms with E-state index in [0.29, 0.717) is 48.6 Å². The second kappa shape index (κ2) is 11.4. The van der Waals surface area contributed by atoms with Gasteiger partial charge in [0.2, 0.25) is 5.75 Å². The SMILES string of the molecule is CCOc1cc(C(=O)NC2CCC(Oc3ncccn3)CC2)cc(OCC)c1OCC. The fourth-order valence-electron chi connectivity index (χ4n) is 3.61. The molecule has 31 heavy (non-hydrogen) atoms. The maximum absolute atomic E-state index is 13.0. The Morgan fingerprint density at radius 1 is 0.935 bits per heavy atom. The Morgan fingerprint density at radius 3 is 2.06 bits per heavy atom. The summed E-state index contributed by atoms with van der Waals surface area (Å²) in [4.78, 5) is 21.2. The van der Waals surface area contributed by atoms with Crippen LogP contribution in [-0.2, 0) is 0 Å². The molecule has 1 aromatic carbocycles. The van der Waals surface area contributed by atoms with Crippen molar-refractivity contribution in [1.82, 2.24) is 15.3 Å². The normalized spacial score (nSPS) is 18.2. The van der Waals surface area contributed by atoms with Gasteiger partial charge in [0, 0.05) is 24.0 Å². The molecule has 0 spiro atoms. The third kappa shape index (κ3) is 6.23. The summed E-state index contributed by atoms with van der Waals surface area (Å²) in [6, 6.07) is 5.67. The van der Waals surface area contributed by atoms with Gasteiger partial charge >= 0.3 is 6.01 Å². The molecule has 1 aromatic heterocycles. The Balaban J connectivity index is 1.63. The van der Waals surface area contributed by atoms with Crippen LogP contribution in [0.2, 0.25) is 0 Å². The van der Waals surface area contributed by atoms with Crippen LogP contribution in [-0.4, -0.2) is 47.8 Å². The number of nitrogens with zero attached hydrogens (tertiary/aromatic N) is 2. The van der Waals surface area contributed by atoms with Crippen molar-refractivity contribution in [3.63, 3.8) is 0 Å². The van der Waals surface area contributed by atoms with Crippen molar-refractivity contribution in [3.05, 3.63) is 36.2 Å². The molecule has 0 atom stereocenters. The van der Waals surface area contributed by atoms with Crippen molar-refractivity contribution in [2.24, 2.45) is 0 Å². The van der Waals surface area contributed by atoms with E-state index < -0.39 is 0 Å². The van der Waals surface area contributed by atoms with Gasteiger partial charge in [-0.25, -0.2) is 9.97 Å². The number of hydrogen-bond donors (Lipinski definition) is 1. The molecule has 1 aliphatic rings. The van der Waals surface area contributed by atoms with Crippen molar-refractivity contribution >= 4 is 5.91 Å². The van der Waals surface area contributed by atoms with Gasteiger partial charge < -0.3 is 24.3 Å². The zero-order valence-corrected chi connectivity index (χ0v) is 18.4. The summed E-state index contributed by atoms with van der Waals surface area (Å²) in [7, 11) is 0. The van der Waals surface area contributed by atoms with Crippen LogP contribution in [0.3, 0.4) is 0 Å².